The molecule has 0 saturated carbocycles. The molecule has 0 heterocycles. The largest absolute Gasteiger partial charge is 0.481 e. The van der Waals surface area contributed by atoms with Crippen molar-refractivity contribution in [2.45, 2.75) is 47.3 Å². The molecule has 0 bridgehead atoms. The van der Waals surface area contributed by atoms with Crippen molar-refractivity contribution in [3.8, 4) is 5.75 Å². The summed E-state index contributed by atoms with van der Waals surface area (Å²) in [5, 5.41) is 2.94. The van der Waals surface area contributed by atoms with E-state index in [9.17, 15) is 4.79 Å². The van der Waals surface area contributed by atoms with E-state index in [0.29, 0.717) is 6.54 Å². The monoisotopic (exact) mass is 311 g/mol. The van der Waals surface area contributed by atoms with Gasteiger partial charge >= 0.3 is 0 Å². The van der Waals surface area contributed by atoms with Crippen LogP contribution in [0.2, 0.25) is 0 Å². The number of aryl methyl sites for hydroxylation is 3. The summed E-state index contributed by atoms with van der Waals surface area (Å²) in [7, 11) is 0. The first-order valence-electron chi connectivity index (χ1n) is 7.95. The fourth-order valence-corrected chi connectivity index (χ4v) is 2.50. The highest BCUT2D eigenvalue weighted by Gasteiger charge is 2.16. The zero-order valence-electron chi connectivity index (χ0n) is 14.6. The minimum absolute atomic E-state index is 0.105. The van der Waals surface area contributed by atoms with Crippen LogP contribution in [0.25, 0.3) is 0 Å². The highest BCUT2D eigenvalue weighted by atomic mass is 16.5. The summed E-state index contributed by atoms with van der Waals surface area (Å²) < 4.78 is 5.88. The first-order valence-corrected chi connectivity index (χ1v) is 7.95. The molecule has 0 aromatic heterocycles. The maximum absolute atomic E-state index is 12.3. The van der Waals surface area contributed by atoms with Gasteiger partial charge in [0, 0.05) is 6.54 Å². The van der Waals surface area contributed by atoms with Gasteiger partial charge < -0.3 is 10.1 Å². The Hall–Kier alpha value is -2.29. The van der Waals surface area contributed by atoms with Gasteiger partial charge in [-0.25, -0.2) is 0 Å². The molecule has 0 aliphatic carbocycles. The second-order valence-corrected chi connectivity index (χ2v) is 6.11. The molecule has 23 heavy (non-hydrogen) atoms. The van der Waals surface area contributed by atoms with Crippen LogP contribution in [0, 0.1) is 27.7 Å². The van der Waals surface area contributed by atoms with E-state index in [2.05, 4.69) is 18.3 Å². The van der Waals surface area contributed by atoms with Crippen LogP contribution in [0.3, 0.4) is 0 Å². The third kappa shape index (κ3) is 4.35. The Morgan fingerprint density at radius 2 is 1.78 bits per heavy atom. The first kappa shape index (κ1) is 17.1. The molecule has 2 rings (SSSR count). The quantitative estimate of drug-likeness (QED) is 0.906. The normalized spacial score (nSPS) is 11.9. The highest BCUT2D eigenvalue weighted by molar-refractivity contribution is 5.80. The zero-order valence-corrected chi connectivity index (χ0v) is 14.6. The van der Waals surface area contributed by atoms with Gasteiger partial charge in [-0.05, 0) is 68.5 Å². The Labute approximate surface area is 138 Å². The third-order valence-corrected chi connectivity index (χ3v) is 4.15. The molecule has 0 aliphatic rings. The number of amides is 1. The minimum Gasteiger partial charge on any atom is -0.481 e. The van der Waals surface area contributed by atoms with Gasteiger partial charge in [0.2, 0.25) is 0 Å². The standard InChI is InChI=1S/C20H25NO2/c1-13-10-15(3)16(4)19(11-13)23-17(5)20(22)21-12-18-9-7-6-8-14(18)2/h6-11,17H,12H2,1-5H3,(H,21,22). The fraction of sp³-hybridized carbons (Fsp3) is 0.350. The molecule has 0 spiro atoms. The van der Waals surface area contributed by atoms with E-state index in [1.54, 1.807) is 6.92 Å². The van der Waals surface area contributed by atoms with Gasteiger partial charge in [0.05, 0.1) is 0 Å². The Balaban J connectivity index is 1.99. The topological polar surface area (TPSA) is 38.3 Å². The van der Waals surface area contributed by atoms with Crippen molar-refractivity contribution >= 4 is 5.91 Å². The van der Waals surface area contributed by atoms with E-state index in [1.807, 2.05) is 51.1 Å². The van der Waals surface area contributed by atoms with Gasteiger partial charge in [-0.1, -0.05) is 30.3 Å². The number of hydrogen-bond donors (Lipinski definition) is 1. The lowest BCUT2D eigenvalue weighted by molar-refractivity contribution is -0.127. The zero-order chi connectivity index (χ0) is 17.0. The molecule has 1 N–H and O–H groups in total. The molecular formula is C20H25NO2. The summed E-state index contributed by atoms with van der Waals surface area (Å²) in [6, 6.07) is 12.1. The van der Waals surface area contributed by atoms with Crippen LogP contribution in [0.1, 0.15) is 34.7 Å². The van der Waals surface area contributed by atoms with Gasteiger partial charge in [-0.2, -0.15) is 0 Å². The van der Waals surface area contributed by atoms with Gasteiger partial charge in [0.1, 0.15) is 5.75 Å². The van der Waals surface area contributed by atoms with E-state index in [4.69, 9.17) is 4.74 Å². The van der Waals surface area contributed by atoms with Crippen molar-refractivity contribution in [1.82, 2.24) is 5.32 Å². The Kier molecular flexibility index (Phi) is 5.43. The molecule has 2 aromatic rings. The lowest BCUT2D eigenvalue weighted by atomic mass is 10.1. The van der Waals surface area contributed by atoms with Crippen LogP contribution in [0.4, 0.5) is 0 Å². The van der Waals surface area contributed by atoms with Crippen molar-refractivity contribution in [3.63, 3.8) is 0 Å². The summed E-state index contributed by atoms with van der Waals surface area (Å²) in [6.45, 7) is 10.4. The lowest BCUT2D eigenvalue weighted by Crippen LogP contribution is -2.36. The molecule has 122 valence electrons. The number of ether oxygens (including phenoxy) is 1. The van der Waals surface area contributed by atoms with Crippen LogP contribution < -0.4 is 10.1 Å². The summed E-state index contributed by atoms with van der Waals surface area (Å²) >= 11 is 0. The lowest BCUT2D eigenvalue weighted by Gasteiger charge is -2.18. The average Bonchev–Trinajstić information content (AvgIpc) is 2.51. The Morgan fingerprint density at radius 3 is 2.48 bits per heavy atom. The van der Waals surface area contributed by atoms with E-state index < -0.39 is 6.10 Å². The highest BCUT2D eigenvalue weighted by Crippen LogP contribution is 2.24. The predicted octanol–water partition coefficient (Wildman–Crippen LogP) is 4.00. The summed E-state index contributed by atoms with van der Waals surface area (Å²) in [5.41, 5.74) is 5.68. The van der Waals surface area contributed by atoms with Crippen molar-refractivity contribution in [1.29, 1.82) is 0 Å². The van der Waals surface area contributed by atoms with Crippen molar-refractivity contribution in [2.24, 2.45) is 0 Å². The van der Waals surface area contributed by atoms with Gasteiger partial charge in [0.25, 0.3) is 5.91 Å². The maximum atomic E-state index is 12.3. The molecule has 0 aliphatic heterocycles. The van der Waals surface area contributed by atoms with Crippen LogP contribution in [0.15, 0.2) is 36.4 Å². The van der Waals surface area contributed by atoms with Crippen molar-refractivity contribution in [3.05, 3.63) is 64.2 Å². The second-order valence-electron chi connectivity index (χ2n) is 6.11. The van der Waals surface area contributed by atoms with Crippen LogP contribution in [-0.4, -0.2) is 12.0 Å². The molecule has 3 nitrogen and oxygen atoms in total. The van der Waals surface area contributed by atoms with Gasteiger partial charge in [-0.3, -0.25) is 4.79 Å². The minimum atomic E-state index is -0.529. The predicted molar refractivity (Wildman–Crippen MR) is 93.8 cm³/mol. The van der Waals surface area contributed by atoms with Crippen LogP contribution in [-0.2, 0) is 11.3 Å². The van der Waals surface area contributed by atoms with E-state index in [1.165, 1.54) is 11.1 Å². The number of benzene rings is 2. The Bertz CT molecular complexity index is 707. The summed E-state index contributed by atoms with van der Waals surface area (Å²) in [6.07, 6.45) is -0.529. The maximum Gasteiger partial charge on any atom is 0.261 e. The Morgan fingerprint density at radius 1 is 1.09 bits per heavy atom. The number of rotatable bonds is 5. The molecule has 1 atom stereocenters. The third-order valence-electron chi connectivity index (χ3n) is 4.15. The van der Waals surface area contributed by atoms with E-state index >= 15 is 0 Å². The second kappa shape index (κ2) is 7.32. The van der Waals surface area contributed by atoms with E-state index in [0.717, 1.165) is 22.4 Å². The number of carbonyl (C=O) groups excluding carboxylic acids is 1. The smallest absolute Gasteiger partial charge is 0.261 e. The molecule has 0 radical (unpaired) electrons. The summed E-state index contributed by atoms with van der Waals surface area (Å²) in [5.74, 6) is 0.674. The molecular weight excluding hydrogens is 286 g/mol. The van der Waals surface area contributed by atoms with Gasteiger partial charge in [-0.15, -0.1) is 0 Å². The first-order chi connectivity index (χ1) is 10.9. The average molecular weight is 311 g/mol. The molecule has 0 saturated heterocycles. The van der Waals surface area contributed by atoms with Crippen molar-refractivity contribution < 1.29 is 9.53 Å². The number of nitrogens with one attached hydrogen (secondary N) is 1. The van der Waals surface area contributed by atoms with Crippen molar-refractivity contribution in [2.75, 3.05) is 0 Å². The van der Waals surface area contributed by atoms with Gasteiger partial charge in [0.15, 0.2) is 6.10 Å². The summed E-state index contributed by atoms with van der Waals surface area (Å²) in [4.78, 5) is 12.3. The fourth-order valence-electron chi connectivity index (χ4n) is 2.50. The number of hydrogen-bond acceptors (Lipinski definition) is 2. The molecule has 3 heteroatoms. The molecule has 2 aromatic carbocycles. The molecule has 1 unspecified atom stereocenters. The van der Waals surface area contributed by atoms with E-state index in [-0.39, 0.29) is 5.91 Å². The number of carbonyl (C=O) groups is 1. The van der Waals surface area contributed by atoms with Crippen LogP contribution >= 0.6 is 0 Å². The SMILES string of the molecule is Cc1cc(C)c(C)c(OC(C)C(=O)NCc2ccccc2C)c1. The molecule has 1 amide bonds. The molecule has 0 fully saturated rings. The van der Waals surface area contributed by atoms with Crippen LogP contribution in [0.5, 0.6) is 5.75 Å².